The molecule has 8 heteroatoms. The van der Waals surface area contributed by atoms with Crippen LogP contribution in [0.3, 0.4) is 0 Å². The van der Waals surface area contributed by atoms with Crippen molar-refractivity contribution in [1.29, 1.82) is 10.5 Å². The molecule has 3 N–H and O–H groups in total. The number of nitrogen functional groups attached to an aromatic ring is 1. The minimum atomic E-state index is -0.667. The predicted octanol–water partition coefficient (Wildman–Crippen LogP) is 3.61. The fourth-order valence-corrected chi connectivity index (χ4v) is 3.08. The third-order valence-corrected chi connectivity index (χ3v) is 4.44. The van der Waals surface area contributed by atoms with Gasteiger partial charge in [0.05, 0.1) is 7.11 Å². The molecule has 0 bridgehead atoms. The third kappa shape index (κ3) is 4.01. The number of nitrogens with zero attached hydrogens (tertiary/aromatic N) is 2. The fourth-order valence-electron chi connectivity index (χ4n) is 2.86. The molecule has 144 valence electrons. The Morgan fingerprint density at radius 2 is 1.86 bits per heavy atom. The van der Waals surface area contributed by atoms with Gasteiger partial charge in [-0.2, -0.15) is 10.5 Å². The number of aromatic nitrogens is 1. The topological polar surface area (TPSA) is 125 Å². The highest BCUT2D eigenvalue weighted by Crippen LogP contribution is 2.36. The Morgan fingerprint density at radius 1 is 1.10 bits per heavy atom. The van der Waals surface area contributed by atoms with E-state index in [2.05, 4.69) is 4.98 Å². The third-order valence-electron chi connectivity index (χ3n) is 4.20. The molecular formula is C21H15ClN4O3. The van der Waals surface area contributed by atoms with Gasteiger partial charge in [0.25, 0.3) is 5.56 Å². The van der Waals surface area contributed by atoms with Crippen LogP contribution in [-0.2, 0) is 6.61 Å². The highest BCUT2D eigenvalue weighted by atomic mass is 35.5. The van der Waals surface area contributed by atoms with Crippen LogP contribution in [0, 0.1) is 22.7 Å². The lowest BCUT2D eigenvalue weighted by molar-refractivity contribution is 0.284. The van der Waals surface area contributed by atoms with E-state index in [1.165, 1.54) is 7.11 Å². The molecule has 0 fully saturated rings. The van der Waals surface area contributed by atoms with Crippen LogP contribution in [0.1, 0.15) is 16.7 Å². The molecule has 0 aliphatic heterocycles. The second-order valence-electron chi connectivity index (χ2n) is 6.00. The van der Waals surface area contributed by atoms with Gasteiger partial charge >= 0.3 is 0 Å². The number of aromatic amines is 1. The first kappa shape index (κ1) is 19.8. The molecule has 2 aromatic carbocycles. The fraction of sp³-hybridized carbons (Fsp3) is 0.0952. The summed E-state index contributed by atoms with van der Waals surface area (Å²) in [5.41, 5.74) is 6.36. The summed E-state index contributed by atoms with van der Waals surface area (Å²) < 4.78 is 11.2. The van der Waals surface area contributed by atoms with Gasteiger partial charge < -0.3 is 20.2 Å². The summed E-state index contributed by atoms with van der Waals surface area (Å²) in [7, 11) is 1.47. The lowest BCUT2D eigenvalue weighted by Crippen LogP contribution is -2.16. The number of H-pyrrole nitrogens is 1. The van der Waals surface area contributed by atoms with Gasteiger partial charge in [0.1, 0.15) is 35.7 Å². The molecule has 1 heterocycles. The van der Waals surface area contributed by atoms with E-state index in [4.69, 9.17) is 26.8 Å². The number of pyridine rings is 1. The highest BCUT2D eigenvalue weighted by Gasteiger charge is 2.19. The number of anilines is 1. The van der Waals surface area contributed by atoms with Crippen LogP contribution in [-0.4, -0.2) is 12.1 Å². The standard InChI is InChI=1S/C21H15ClN4O3/c1-28-18-8-13(19-15(9-23)20(25)26-21(27)16(19)10-24)5-6-17(18)29-11-12-3-2-4-14(22)7-12/h2-8H,11H2,1H3,(H3,25,26,27). The van der Waals surface area contributed by atoms with Crippen molar-refractivity contribution < 1.29 is 9.47 Å². The first-order valence-electron chi connectivity index (χ1n) is 8.40. The van der Waals surface area contributed by atoms with Crippen molar-refractivity contribution in [3.05, 3.63) is 74.5 Å². The summed E-state index contributed by atoms with van der Waals surface area (Å²) in [4.78, 5) is 14.4. The van der Waals surface area contributed by atoms with E-state index in [0.717, 1.165) is 5.56 Å². The summed E-state index contributed by atoms with van der Waals surface area (Å²) in [6.45, 7) is 0.265. The average molecular weight is 407 g/mol. The number of hydrogen-bond acceptors (Lipinski definition) is 6. The minimum Gasteiger partial charge on any atom is -0.493 e. The van der Waals surface area contributed by atoms with E-state index < -0.39 is 5.56 Å². The highest BCUT2D eigenvalue weighted by molar-refractivity contribution is 6.30. The van der Waals surface area contributed by atoms with Gasteiger partial charge in [0.15, 0.2) is 11.5 Å². The number of nitrogens with one attached hydrogen (secondary N) is 1. The van der Waals surface area contributed by atoms with Crippen LogP contribution in [0.25, 0.3) is 11.1 Å². The summed E-state index contributed by atoms with van der Waals surface area (Å²) >= 11 is 5.99. The smallest absolute Gasteiger partial charge is 0.268 e. The van der Waals surface area contributed by atoms with Gasteiger partial charge in [0.2, 0.25) is 0 Å². The molecule has 0 atom stereocenters. The number of halogens is 1. The second kappa shape index (κ2) is 8.39. The largest absolute Gasteiger partial charge is 0.493 e. The number of rotatable bonds is 5. The first-order valence-corrected chi connectivity index (χ1v) is 8.78. The van der Waals surface area contributed by atoms with Crippen LogP contribution in [0.15, 0.2) is 47.3 Å². The van der Waals surface area contributed by atoms with E-state index in [1.807, 2.05) is 24.3 Å². The lowest BCUT2D eigenvalue weighted by Gasteiger charge is -2.14. The molecule has 3 aromatic rings. The SMILES string of the molecule is COc1cc(-c2c(C#N)c(N)[nH]c(=O)c2C#N)ccc1OCc1cccc(Cl)c1. The predicted molar refractivity (Wildman–Crippen MR) is 109 cm³/mol. The van der Waals surface area contributed by atoms with Crippen molar-refractivity contribution in [2.45, 2.75) is 6.61 Å². The van der Waals surface area contributed by atoms with E-state index in [9.17, 15) is 15.3 Å². The van der Waals surface area contributed by atoms with Gasteiger partial charge in [-0.15, -0.1) is 0 Å². The molecule has 7 nitrogen and oxygen atoms in total. The molecule has 0 saturated heterocycles. The Hall–Kier alpha value is -3.94. The van der Waals surface area contributed by atoms with E-state index in [1.54, 1.807) is 30.3 Å². The van der Waals surface area contributed by atoms with E-state index in [0.29, 0.717) is 22.1 Å². The van der Waals surface area contributed by atoms with Gasteiger partial charge in [0, 0.05) is 10.6 Å². The molecule has 29 heavy (non-hydrogen) atoms. The van der Waals surface area contributed by atoms with Crippen molar-refractivity contribution in [1.82, 2.24) is 4.98 Å². The van der Waals surface area contributed by atoms with Crippen molar-refractivity contribution in [2.75, 3.05) is 12.8 Å². The van der Waals surface area contributed by atoms with E-state index in [-0.39, 0.29) is 29.1 Å². The second-order valence-corrected chi connectivity index (χ2v) is 6.44. The molecule has 0 aliphatic rings. The van der Waals surface area contributed by atoms with Crippen LogP contribution >= 0.6 is 11.6 Å². The Morgan fingerprint density at radius 3 is 2.52 bits per heavy atom. The molecule has 1 aromatic heterocycles. The maximum absolute atomic E-state index is 12.1. The Balaban J connectivity index is 2.03. The van der Waals surface area contributed by atoms with E-state index >= 15 is 0 Å². The number of methoxy groups -OCH3 is 1. The van der Waals surface area contributed by atoms with Gasteiger partial charge in [-0.3, -0.25) is 4.79 Å². The van der Waals surface area contributed by atoms with Crippen molar-refractivity contribution in [2.24, 2.45) is 0 Å². The number of nitriles is 2. The maximum atomic E-state index is 12.1. The van der Waals surface area contributed by atoms with Gasteiger partial charge in [-0.1, -0.05) is 29.8 Å². The number of nitrogens with two attached hydrogens (primary N) is 1. The van der Waals surface area contributed by atoms with Crippen molar-refractivity contribution >= 4 is 17.4 Å². The lowest BCUT2D eigenvalue weighted by atomic mass is 9.96. The molecule has 0 spiro atoms. The quantitative estimate of drug-likeness (QED) is 0.666. The monoisotopic (exact) mass is 406 g/mol. The number of hydrogen-bond donors (Lipinski definition) is 2. The molecule has 0 amide bonds. The number of ether oxygens (including phenoxy) is 2. The van der Waals surface area contributed by atoms with Gasteiger partial charge in [-0.25, -0.2) is 0 Å². The Bertz CT molecular complexity index is 1220. The summed E-state index contributed by atoms with van der Waals surface area (Å²) in [6, 6.07) is 15.9. The average Bonchev–Trinajstić information content (AvgIpc) is 2.71. The number of benzene rings is 2. The molecule has 0 saturated carbocycles. The zero-order valence-corrected chi connectivity index (χ0v) is 16.1. The first-order chi connectivity index (χ1) is 14.0. The summed E-state index contributed by atoms with van der Waals surface area (Å²) in [5, 5.41) is 19.5. The maximum Gasteiger partial charge on any atom is 0.268 e. The normalized spacial score (nSPS) is 10.1. The summed E-state index contributed by atoms with van der Waals surface area (Å²) in [5.74, 6) is 0.717. The van der Waals surface area contributed by atoms with Crippen LogP contribution in [0.5, 0.6) is 11.5 Å². The molecule has 3 rings (SSSR count). The summed E-state index contributed by atoms with van der Waals surface area (Å²) in [6.07, 6.45) is 0. The van der Waals surface area contributed by atoms with Crippen LogP contribution < -0.4 is 20.8 Å². The van der Waals surface area contributed by atoms with Crippen LogP contribution in [0.2, 0.25) is 5.02 Å². The Labute approximate surface area is 171 Å². The van der Waals surface area contributed by atoms with Gasteiger partial charge in [-0.05, 0) is 35.4 Å². The molecule has 0 radical (unpaired) electrons. The van der Waals surface area contributed by atoms with Crippen molar-refractivity contribution in [3.8, 4) is 34.8 Å². The Kier molecular flexibility index (Phi) is 5.73. The van der Waals surface area contributed by atoms with Crippen molar-refractivity contribution in [3.63, 3.8) is 0 Å². The molecule has 0 unspecified atom stereocenters. The zero-order chi connectivity index (χ0) is 21.0. The zero-order valence-electron chi connectivity index (χ0n) is 15.3. The van der Waals surface area contributed by atoms with Crippen LogP contribution in [0.4, 0.5) is 5.82 Å². The minimum absolute atomic E-state index is 0.01000. The molecular weight excluding hydrogens is 392 g/mol. The molecule has 0 aliphatic carbocycles.